The first-order valence-electron chi connectivity index (χ1n) is 8.53. The number of hydrogen-bond donors (Lipinski definition) is 0. The number of allylic oxidation sites excluding steroid dienone is 1. The second-order valence-electron chi connectivity index (χ2n) is 7.29. The van der Waals surface area contributed by atoms with E-state index in [1.54, 1.807) is 49.1 Å². The van der Waals surface area contributed by atoms with Gasteiger partial charge in [-0.3, -0.25) is 4.79 Å². The number of aryl methyl sites for hydroxylation is 1. The fourth-order valence-corrected chi connectivity index (χ4v) is 5.26. The highest BCUT2D eigenvalue weighted by Crippen LogP contribution is 2.46. The molecule has 6 heteroatoms. The molecule has 0 fully saturated rings. The molecule has 0 amide bonds. The molecule has 0 N–H and O–H groups in total. The Morgan fingerprint density at radius 3 is 2.33 bits per heavy atom. The van der Waals surface area contributed by atoms with Crippen molar-refractivity contribution < 1.29 is 17.6 Å². The van der Waals surface area contributed by atoms with E-state index >= 15 is 0 Å². The molecule has 2 aromatic rings. The zero-order valence-electron chi connectivity index (χ0n) is 15.2. The summed E-state index contributed by atoms with van der Waals surface area (Å²) < 4.78 is 40.1. The number of hydrogen-bond acceptors (Lipinski definition) is 4. The van der Waals surface area contributed by atoms with E-state index in [9.17, 15) is 17.6 Å². The minimum atomic E-state index is -3.99. The summed E-state index contributed by atoms with van der Waals surface area (Å²) >= 11 is 0. The van der Waals surface area contributed by atoms with Gasteiger partial charge in [-0.05, 0) is 57.2 Å². The number of Topliss-reactive ketones (excluding diaryl/α,β-unsaturated/α-hetero) is 1. The summed E-state index contributed by atoms with van der Waals surface area (Å²) in [5, 5.41) is 0. The fraction of sp³-hybridized carbons (Fsp3) is 0.190. The van der Waals surface area contributed by atoms with E-state index in [2.05, 4.69) is 0 Å². The molecule has 0 bridgehead atoms. The highest BCUT2D eigenvalue weighted by atomic mass is 32.2. The van der Waals surface area contributed by atoms with Crippen molar-refractivity contribution >= 4 is 27.4 Å². The molecular weight excluding hydrogens is 365 g/mol. The second kappa shape index (κ2) is 5.63. The first kappa shape index (κ1) is 17.7. The van der Waals surface area contributed by atoms with E-state index < -0.39 is 21.2 Å². The third-order valence-corrected chi connectivity index (χ3v) is 6.87. The first-order chi connectivity index (χ1) is 12.6. The van der Waals surface area contributed by atoms with Crippen molar-refractivity contribution in [1.82, 2.24) is 0 Å². The zero-order valence-corrected chi connectivity index (χ0v) is 16.0. The van der Waals surface area contributed by atoms with Crippen molar-refractivity contribution in [1.29, 1.82) is 0 Å². The number of fused-ring (bicyclic) bond motifs is 3. The van der Waals surface area contributed by atoms with Crippen LogP contribution in [0.3, 0.4) is 0 Å². The van der Waals surface area contributed by atoms with Crippen LogP contribution in [0.25, 0.3) is 6.08 Å². The summed E-state index contributed by atoms with van der Waals surface area (Å²) in [6, 6.07) is 10.7. The van der Waals surface area contributed by atoms with Crippen molar-refractivity contribution in [2.45, 2.75) is 31.2 Å². The van der Waals surface area contributed by atoms with Crippen molar-refractivity contribution in [3.8, 4) is 0 Å². The van der Waals surface area contributed by atoms with Gasteiger partial charge in [0, 0.05) is 11.3 Å². The van der Waals surface area contributed by atoms with E-state index in [0.717, 1.165) is 5.56 Å². The number of carbonyl (C=O) groups excluding carboxylic acids is 1. The largest absolute Gasteiger partial charge is 0.327 e. The van der Waals surface area contributed by atoms with Gasteiger partial charge in [0.15, 0.2) is 0 Å². The quantitative estimate of drug-likeness (QED) is 0.786. The predicted octanol–water partition coefficient (Wildman–Crippen LogP) is 4.01. The van der Waals surface area contributed by atoms with E-state index in [-0.39, 0.29) is 15.6 Å². The summed E-state index contributed by atoms with van der Waals surface area (Å²) in [5.41, 5.74) is 1.37. The molecule has 4 rings (SSSR count). The van der Waals surface area contributed by atoms with Crippen molar-refractivity contribution in [2.24, 2.45) is 0 Å². The van der Waals surface area contributed by atoms with Crippen LogP contribution < -0.4 is 4.90 Å². The number of anilines is 1. The molecule has 0 saturated carbocycles. The number of rotatable bonds is 2. The summed E-state index contributed by atoms with van der Waals surface area (Å²) in [5.74, 6) is -0.860. The van der Waals surface area contributed by atoms with Gasteiger partial charge in [-0.2, -0.15) is 0 Å². The van der Waals surface area contributed by atoms with Crippen LogP contribution in [0, 0.1) is 12.7 Å². The van der Waals surface area contributed by atoms with Crippen LogP contribution in [0.15, 0.2) is 64.0 Å². The number of sulfone groups is 1. The Hall–Kier alpha value is -2.73. The molecule has 0 radical (unpaired) electrons. The summed E-state index contributed by atoms with van der Waals surface area (Å²) in [7, 11) is -3.99. The van der Waals surface area contributed by atoms with Gasteiger partial charge in [-0.1, -0.05) is 23.8 Å². The third kappa shape index (κ3) is 2.47. The Labute approximate surface area is 157 Å². The summed E-state index contributed by atoms with van der Waals surface area (Å²) in [6.07, 6.45) is 3.22. The van der Waals surface area contributed by atoms with Crippen LogP contribution >= 0.6 is 0 Å². The zero-order chi connectivity index (χ0) is 19.6. The van der Waals surface area contributed by atoms with Gasteiger partial charge < -0.3 is 4.90 Å². The number of ketones is 1. The van der Waals surface area contributed by atoms with Crippen LogP contribution in [0.2, 0.25) is 0 Å². The minimum absolute atomic E-state index is 0.0832. The van der Waals surface area contributed by atoms with Crippen molar-refractivity contribution in [2.75, 3.05) is 4.90 Å². The molecule has 0 aliphatic carbocycles. The molecule has 0 unspecified atom stereocenters. The highest BCUT2D eigenvalue weighted by Gasteiger charge is 2.51. The maximum Gasteiger partial charge on any atom is 0.212 e. The Balaban J connectivity index is 1.97. The molecule has 4 nitrogen and oxygen atoms in total. The molecular formula is C21H18FNO3S. The van der Waals surface area contributed by atoms with E-state index in [1.165, 1.54) is 24.3 Å². The summed E-state index contributed by atoms with van der Waals surface area (Å²) in [6.45, 7) is 5.22. The Morgan fingerprint density at radius 1 is 1.00 bits per heavy atom. The van der Waals surface area contributed by atoms with E-state index in [0.29, 0.717) is 16.9 Å². The fourth-order valence-electron chi connectivity index (χ4n) is 3.61. The molecule has 0 saturated heterocycles. The molecule has 0 atom stereocenters. The smallest absolute Gasteiger partial charge is 0.212 e. The lowest BCUT2D eigenvalue weighted by Gasteiger charge is -2.36. The van der Waals surface area contributed by atoms with Crippen molar-refractivity contribution in [3.63, 3.8) is 0 Å². The number of carbonyl (C=O) groups is 1. The van der Waals surface area contributed by atoms with Gasteiger partial charge in [0.2, 0.25) is 15.6 Å². The molecule has 2 aromatic carbocycles. The second-order valence-corrected chi connectivity index (χ2v) is 9.18. The van der Waals surface area contributed by atoms with Gasteiger partial charge in [-0.25, -0.2) is 12.8 Å². The Morgan fingerprint density at radius 2 is 1.67 bits per heavy atom. The van der Waals surface area contributed by atoms with Gasteiger partial charge in [0.1, 0.15) is 16.3 Å². The maximum absolute atomic E-state index is 13.6. The van der Waals surface area contributed by atoms with Crippen LogP contribution in [-0.4, -0.2) is 19.7 Å². The lowest BCUT2D eigenvalue weighted by atomic mass is 9.97. The van der Waals surface area contributed by atoms with Crippen molar-refractivity contribution in [3.05, 3.63) is 76.1 Å². The van der Waals surface area contributed by atoms with Gasteiger partial charge >= 0.3 is 0 Å². The third-order valence-electron chi connectivity index (χ3n) is 5.05. The normalized spacial score (nSPS) is 17.9. The lowest BCUT2D eigenvalue weighted by molar-refractivity contribution is -0.117. The van der Waals surface area contributed by atoms with Crippen LogP contribution in [-0.2, 0) is 14.6 Å². The number of nitrogens with zero attached hydrogens (tertiary/aromatic N) is 1. The van der Waals surface area contributed by atoms with Gasteiger partial charge in [-0.15, -0.1) is 0 Å². The standard InChI is InChI=1S/C21H18FNO3S/c1-13-4-8-16(9-5-13)27(25,26)19-18-10-6-14-12-15(22)7-11-17(14)23(18)21(2,3)20(19)24/h4-12H,1-3H3. The summed E-state index contributed by atoms with van der Waals surface area (Å²) in [4.78, 5) is 14.7. The molecule has 2 aliphatic heterocycles. The topological polar surface area (TPSA) is 54.5 Å². The Kier molecular flexibility index (Phi) is 3.69. The average molecular weight is 383 g/mol. The lowest BCUT2D eigenvalue weighted by Crippen LogP contribution is -2.45. The molecule has 27 heavy (non-hydrogen) atoms. The molecule has 0 spiro atoms. The first-order valence-corrected chi connectivity index (χ1v) is 10.0. The van der Waals surface area contributed by atoms with E-state index in [1.807, 2.05) is 6.92 Å². The molecule has 2 aliphatic rings. The molecule has 138 valence electrons. The molecule has 2 heterocycles. The monoisotopic (exact) mass is 383 g/mol. The minimum Gasteiger partial charge on any atom is -0.327 e. The predicted molar refractivity (Wildman–Crippen MR) is 102 cm³/mol. The number of benzene rings is 2. The van der Waals surface area contributed by atoms with Crippen LogP contribution in [0.4, 0.5) is 10.1 Å². The SMILES string of the molecule is Cc1ccc(S(=O)(=O)C2=C3C=Cc4cc(F)ccc4N3C(C)(C)C2=O)cc1. The highest BCUT2D eigenvalue weighted by molar-refractivity contribution is 7.96. The van der Waals surface area contributed by atoms with Gasteiger partial charge in [0.05, 0.1) is 10.6 Å². The van der Waals surface area contributed by atoms with E-state index in [4.69, 9.17) is 0 Å². The average Bonchev–Trinajstić information content (AvgIpc) is 2.82. The van der Waals surface area contributed by atoms with Gasteiger partial charge in [0.25, 0.3) is 0 Å². The maximum atomic E-state index is 13.6. The van der Waals surface area contributed by atoms with Crippen LogP contribution in [0.1, 0.15) is 25.0 Å². The Bertz CT molecular complexity index is 1140. The molecule has 0 aromatic heterocycles. The van der Waals surface area contributed by atoms with Crippen LogP contribution in [0.5, 0.6) is 0 Å². The number of halogens is 1.